The lowest BCUT2D eigenvalue weighted by Gasteiger charge is -2.56. The number of hydrogen-bond acceptors (Lipinski definition) is 1. The SMILES string of the molecule is c1ccc2c(c1)C1CCC2C12SC21C2CC3CC(C2)CC1C3. The number of thioether (sulfide) groups is 1. The average molecular weight is 308 g/mol. The Morgan fingerprint density at radius 3 is 1.82 bits per heavy atom. The maximum atomic E-state index is 2.52. The molecule has 7 aliphatic rings. The number of fused-ring (bicyclic) bond motifs is 3. The summed E-state index contributed by atoms with van der Waals surface area (Å²) >= 11 is 2.52. The van der Waals surface area contributed by atoms with Gasteiger partial charge in [0.05, 0.1) is 0 Å². The van der Waals surface area contributed by atoms with Gasteiger partial charge in [-0.05, 0) is 79.7 Å². The third kappa shape index (κ3) is 1.04. The van der Waals surface area contributed by atoms with Crippen molar-refractivity contribution in [2.24, 2.45) is 23.7 Å². The molecule has 0 amide bonds. The Morgan fingerprint density at radius 2 is 1.27 bits per heavy atom. The van der Waals surface area contributed by atoms with Crippen molar-refractivity contribution in [2.75, 3.05) is 0 Å². The van der Waals surface area contributed by atoms with Crippen molar-refractivity contribution in [1.29, 1.82) is 0 Å². The van der Waals surface area contributed by atoms with E-state index in [0.717, 1.165) is 40.3 Å². The highest BCUT2D eigenvalue weighted by Crippen LogP contribution is 2.90. The van der Waals surface area contributed by atoms with Crippen LogP contribution in [0.1, 0.15) is 67.9 Å². The van der Waals surface area contributed by atoms with Crippen LogP contribution in [0, 0.1) is 23.7 Å². The summed E-state index contributed by atoms with van der Waals surface area (Å²) in [5.74, 6) is 6.24. The van der Waals surface area contributed by atoms with E-state index in [2.05, 4.69) is 36.0 Å². The minimum absolute atomic E-state index is 0.666. The van der Waals surface area contributed by atoms with E-state index in [1.807, 2.05) is 0 Å². The highest BCUT2D eigenvalue weighted by atomic mass is 32.2. The van der Waals surface area contributed by atoms with E-state index in [1.54, 1.807) is 43.2 Å². The predicted octanol–water partition coefficient (Wildman–Crippen LogP) is 5.34. The third-order valence-electron chi connectivity index (χ3n) is 8.78. The van der Waals surface area contributed by atoms with Crippen LogP contribution in [-0.4, -0.2) is 9.49 Å². The van der Waals surface area contributed by atoms with Crippen LogP contribution in [-0.2, 0) is 0 Å². The summed E-state index contributed by atoms with van der Waals surface area (Å²) in [5, 5.41) is 0. The van der Waals surface area contributed by atoms with Crippen molar-refractivity contribution in [1.82, 2.24) is 0 Å². The van der Waals surface area contributed by atoms with Gasteiger partial charge < -0.3 is 0 Å². The normalized spacial score (nSPS) is 58.7. The van der Waals surface area contributed by atoms with E-state index in [0.29, 0.717) is 4.75 Å². The molecular formula is C21H24S. The fourth-order valence-electron chi connectivity index (χ4n) is 8.55. The van der Waals surface area contributed by atoms with Gasteiger partial charge in [0.25, 0.3) is 0 Å². The first-order chi connectivity index (χ1) is 10.8. The number of rotatable bonds is 0. The zero-order valence-electron chi connectivity index (χ0n) is 13.1. The lowest BCUT2D eigenvalue weighted by molar-refractivity contribution is -0.0154. The van der Waals surface area contributed by atoms with Gasteiger partial charge in [0.2, 0.25) is 0 Å². The summed E-state index contributed by atoms with van der Waals surface area (Å²) in [7, 11) is 0. The van der Waals surface area contributed by atoms with Crippen molar-refractivity contribution >= 4 is 11.8 Å². The molecule has 5 saturated carbocycles. The van der Waals surface area contributed by atoms with Crippen LogP contribution >= 0.6 is 11.8 Å². The lowest BCUT2D eigenvalue weighted by Crippen LogP contribution is -2.54. The molecule has 1 aromatic rings. The van der Waals surface area contributed by atoms with Gasteiger partial charge in [-0.3, -0.25) is 0 Å². The van der Waals surface area contributed by atoms with E-state index >= 15 is 0 Å². The standard InChI is InChI=1S/C21H24S/c1-2-4-17-16(3-1)18-5-6-19(17)21(18)20(22-21)14-8-12-7-13(10-14)11-15(20)9-12/h1-4,12-15,18-19H,5-11H2. The van der Waals surface area contributed by atoms with Crippen LogP contribution in [0.3, 0.4) is 0 Å². The molecule has 2 unspecified atom stereocenters. The highest BCUT2D eigenvalue weighted by Gasteiger charge is 2.84. The molecule has 22 heavy (non-hydrogen) atoms. The van der Waals surface area contributed by atoms with E-state index in [1.165, 1.54) is 12.8 Å². The minimum atomic E-state index is 0.666. The largest absolute Gasteiger partial charge is 0.143 e. The first kappa shape index (κ1) is 12.0. The molecule has 1 heteroatoms. The smallest absolute Gasteiger partial charge is 0.0455 e. The highest BCUT2D eigenvalue weighted by molar-refractivity contribution is 8.09. The van der Waals surface area contributed by atoms with Crippen molar-refractivity contribution in [3.8, 4) is 0 Å². The number of benzene rings is 1. The fourth-order valence-corrected chi connectivity index (χ4v) is 11.2. The van der Waals surface area contributed by atoms with Gasteiger partial charge in [-0.1, -0.05) is 24.3 Å². The van der Waals surface area contributed by atoms with Gasteiger partial charge in [-0.25, -0.2) is 0 Å². The molecule has 6 aliphatic carbocycles. The van der Waals surface area contributed by atoms with E-state index in [9.17, 15) is 0 Å². The summed E-state index contributed by atoms with van der Waals surface area (Å²) in [4.78, 5) is 0. The molecule has 1 saturated heterocycles. The Morgan fingerprint density at radius 1 is 0.727 bits per heavy atom. The molecule has 6 bridgehead atoms. The lowest BCUT2D eigenvalue weighted by atomic mass is 9.48. The summed E-state index contributed by atoms with van der Waals surface area (Å²) in [6.07, 6.45) is 10.9. The Labute approximate surface area is 137 Å². The minimum Gasteiger partial charge on any atom is -0.143 e. The van der Waals surface area contributed by atoms with E-state index in [-0.39, 0.29) is 0 Å². The predicted molar refractivity (Wildman–Crippen MR) is 91.3 cm³/mol. The molecule has 114 valence electrons. The Bertz CT molecular complexity index is 630. The van der Waals surface area contributed by atoms with Gasteiger partial charge in [-0.15, -0.1) is 11.8 Å². The van der Waals surface area contributed by atoms with Crippen molar-refractivity contribution in [3.05, 3.63) is 35.4 Å². The van der Waals surface area contributed by atoms with E-state index in [4.69, 9.17) is 0 Å². The molecule has 1 aliphatic heterocycles. The maximum Gasteiger partial charge on any atom is 0.0455 e. The van der Waals surface area contributed by atoms with Crippen LogP contribution in [0.5, 0.6) is 0 Å². The molecule has 0 aromatic heterocycles. The van der Waals surface area contributed by atoms with Gasteiger partial charge in [0.15, 0.2) is 0 Å². The second kappa shape index (κ2) is 3.48. The van der Waals surface area contributed by atoms with Crippen LogP contribution in [0.15, 0.2) is 24.3 Å². The fraction of sp³-hybridized carbons (Fsp3) is 0.714. The first-order valence-electron chi connectivity index (χ1n) is 9.62. The van der Waals surface area contributed by atoms with Crippen LogP contribution in [0.4, 0.5) is 0 Å². The second-order valence-electron chi connectivity index (χ2n) is 9.30. The summed E-state index contributed by atoms with van der Waals surface area (Å²) in [6.45, 7) is 0. The summed E-state index contributed by atoms with van der Waals surface area (Å²) in [6, 6.07) is 9.54. The van der Waals surface area contributed by atoms with E-state index < -0.39 is 0 Å². The van der Waals surface area contributed by atoms with Crippen molar-refractivity contribution in [2.45, 2.75) is 66.3 Å². The van der Waals surface area contributed by atoms with Gasteiger partial charge in [0, 0.05) is 21.3 Å². The van der Waals surface area contributed by atoms with Crippen LogP contribution in [0.2, 0.25) is 0 Å². The van der Waals surface area contributed by atoms with Crippen LogP contribution in [0.25, 0.3) is 0 Å². The monoisotopic (exact) mass is 308 g/mol. The second-order valence-corrected chi connectivity index (χ2v) is 10.9. The quantitative estimate of drug-likeness (QED) is 0.583. The summed E-state index contributed by atoms with van der Waals surface area (Å²) in [5.41, 5.74) is 3.52. The third-order valence-corrected chi connectivity index (χ3v) is 11.2. The van der Waals surface area contributed by atoms with Crippen molar-refractivity contribution < 1.29 is 0 Å². The molecule has 8 rings (SSSR count). The zero-order valence-corrected chi connectivity index (χ0v) is 13.9. The molecule has 2 spiro atoms. The molecule has 2 atom stereocenters. The van der Waals surface area contributed by atoms with Gasteiger partial charge >= 0.3 is 0 Å². The van der Waals surface area contributed by atoms with Crippen LogP contribution < -0.4 is 0 Å². The molecule has 1 heterocycles. The molecular weight excluding hydrogens is 284 g/mol. The van der Waals surface area contributed by atoms with Gasteiger partial charge in [0.1, 0.15) is 0 Å². The molecule has 6 fully saturated rings. The maximum absolute atomic E-state index is 2.52. The average Bonchev–Trinajstić information content (AvgIpc) is 2.98. The Hall–Kier alpha value is -0.430. The molecule has 0 nitrogen and oxygen atoms in total. The molecule has 0 N–H and O–H groups in total. The Balaban J connectivity index is 1.40. The molecule has 1 aromatic carbocycles. The first-order valence-corrected chi connectivity index (χ1v) is 10.4. The molecule has 0 radical (unpaired) electrons. The topological polar surface area (TPSA) is 0 Å². The summed E-state index contributed by atoms with van der Waals surface area (Å²) < 4.78 is 1.39. The number of hydrogen-bond donors (Lipinski definition) is 0. The van der Waals surface area contributed by atoms with Crippen molar-refractivity contribution in [3.63, 3.8) is 0 Å². The van der Waals surface area contributed by atoms with Gasteiger partial charge in [-0.2, -0.15) is 0 Å². The zero-order chi connectivity index (χ0) is 14.1. The Kier molecular flexibility index (Phi) is 1.90.